The van der Waals surface area contributed by atoms with Crippen LogP contribution in [0.1, 0.15) is 48.0 Å². The van der Waals surface area contributed by atoms with Gasteiger partial charge in [-0.05, 0) is 59.4 Å². The van der Waals surface area contributed by atoms with Crippen molar-refractivity contribution in [1.29, 1.82) is 0 Å². The van der Waals surface area contributed by atoms with Gasteiger partial charge in [-0.25, -0.2) is 0 Å². The van der Waals surface area contributed by atoms with Crippen molar-refractivity contribution in [2.75, 3.05) is 14.2 Å². The Labute approximate surface area is 188 Å². The van der Waals surface area contributed by atoms with E-state index in [1.54, 1.807) is 26.4 Å². The Morgan fingerprint density at radius 3 is 2.29 bits per heavy atom. The first-order chi connectivity index (χ1) is 14.7. The second kappa shape index (κ2) is 9.52. The molecule has 31 heavy (non-hydrogen) atoms. The van der Waals surface area contributed by atoms with Gasteiger partial charge in [0.05, 0.1) is 14.2 Å². The molecular weight excluding hydrogens is 410 g/mol. The van der Waals surface area contributed by atoms with E-state index in [2.05, 4.69) is 51.2 Å². The van der Waals surface area contributed by atoms with Crippen LogP contribution < -0.4 is 14.8 Å². The van der Waals surface area contributed by atoms with Crippen LogP contribution in [-0.4, -0.2) is 20.1 Å². The number of hydrogen-bond donors (Lipinski definition) is 1. The summed E-state index contributed by atoms with van der Waals surface area (Å²) in [6.07, 6.45) is 0. The Kier molecular flexibility index (Phi) is 7.01. The zero-order valence-corrected chi connectivity index (χ0v) is 19.7. The van der Waals surface area contributed by atoms with E-state index < -0.39 is 0 Å². The third-order valence-corrected chi connectivity index (χ3v) is 6.01. The van der Waals surface area contributed by atoms with Gasteiger partial charge in [-0.3, -0.25) is 4.79 Å². The number of ether oxygens (including phenoxy) is 2. The zero-order chi connectivity index (χ0) is 22.6. The maximum atomic E-state index is 12.6. The molecule has 0 spiro atoms. The van der Waals surface area contributed by atoms with E-state index in [4.69, 9.17) is 13.9 Å². The van der Waals surface area contributed by atoms with Gasteiger partial charge in [-0.2, -0.15) is 0 Å². The largest absolute Gasteiger partial charge is 0.497 e. The number of methoxy groups -OCH3 is 2. The van der Waals surface area contributed by atoms with Gasteiger partial charge in [0.25, 0.3) is 5.91 Å². The number of carbonyl (C=O) groups excluding carboxylic acids is 1. The first-order valence-corrected chi connectivity index (χ1v) is 10.9. The molecule has 6 heteroatoms. The minimum Gasteiger partial charge on any atom is -0.497 e. The number of benzene rings is 2. The second-order valence-electron chi connectivity index (χ2n) is 8.35. The lowest BCUT2D eigenvalue weighted by atomic mass is 9.87. The third-order valence-electron chi connectivity index (χ3n) is 4.93. The summed E-state index contributed by atoms with van der Waals surface area (Å²) in [4.78, 5) is 13.7. The summed E-state index contributed by atoms with van der Waals surface area (Å²) in [5.74, 6) is 1.36. The third kappa shape index (κ3) is 5.85. The molecule has 1 amide bonds. The summed E-state index contributed by atoms with van der Waals surface area (Å²) in [6.45, 7) is 8.99. The van der Waals surface area contributed by atoms with Crippen LogP contribution in [0.15, 0.2) is 62.9 Å². The quantitative estimate of drug-likeness (QED) is 0.490. The van der Waals surface area contributed by atoms with Crippen LogP contribution in [0.5, 0.6) is 11.5 Å². The van der Waals surface area contributed by atoms with E-state index in [1.165, 1.54) is 22.9 Å². The van der Waals surface area contributed by atoms with Gasteiger partial charge in [-0.1, -0.05) is 44.7 Å². The smallest absolute Gasteiger partial charge is 0.287 e. The Bertz CT molecular complexity index is 1040. The van der Waals surface area contributed by atoms with Crippen molar-refractivity contribution < 1.29 is 18.7 Å². The predicted octanol–water partition coefficient (Wildman–Crippen LogP) is 5.98. The van der Waals surface area contributed by atoms with E-state index in [-0.39, 0.29) is 17.1 Å². The van der Waals surface area contributed by atoms with Crippen molar-refractivity contribution >= 4 is 17.7 Å². The normalized spacial score (nSPS) is 11.3. The molecule has 0 fully saturated rings. The molecule has 0 atom stereocenters. The summed E-state index contributed by atoms with van der Waals surface area (Å²) < 4.78 is 16.4. The Morgan fingerprint density at radius 1 is 1.00 bits per heavy atom. The van der Waals surface area contributed by atoms with Crippen molar-refractivity contribution in [2.45, 2.75) is 49.6 Å². The summed E-state index contributed by atoms with van der Waals surface area (Å²) in [5.41, 5.74) is 3.38. The summed E-state index contributed by atoms with van der Waals surface area (Å²) in [5, 5.41) is 3.57. The van der Waals surface area contributed by atoms with Gasteiger partial charge >= 0.3 is 0 Å². The number of aryl methyl sites for hydroxylation is 1. The lowest BCUT2D eigenvalue weighted by Gasteiger charge is -2.20. The van der Waals surface area contributed by atoms with E-state index in [1.807, 2.05) is 18.2 Å². The Hall–Kier alpha value is -2.86. The molecule has 0 unspecified atom stereocenters. The molecule has 1 N–H and O–H groups in total. The highest BCUT2D eigenvalue weighted by molar-refractivity contribution is 7.99. The van der Waals surface area contributed by atoms with Crippen molar-refractivity contribution in [3.05, 3.63) is 71.0 Å². The molecule has 3 aromatic rings. The highest BCUT2D eigenvalue weighted by Gasteiger charge is 2.17. The van der Waals surface area contributed by atoms with Crippen LogP contribution in [0.4, 0.5) is 0 Å². The van der Waals surface area contributed by atoms with Gasteiger partial charge in [0, 0.05) is 17.5 Å². The molecular formula is C25H29NO4S. The van der Waals surface area contributed by atoms with Crippen molar-refractivity contribution in [3.8, 4) is 11.5 Å². The summed E-state index contributed by atoms with van der Waals surface area (Å²) >= 11 is 1.53. The second-order valence-corrected chi connectivity index (χ2v) is 9.40. The molecule has 1 heterocycles. The van der Waals surface area contributed by atoms with Gasteiger partial charge < -0.3 is 19.2 Å². The van der Waals surface area contributed by atoms with Gasteiger partial charge in [0.2, 0.25) is 0 Å². The molecule has 0 aliphatic rings. The van der Waals surface area contributed by atoms with Crippen LogP contribution in [0, 0.1) is 6.92 Å². The molecule has 0 saturated heterocycles. The predicted molar refractivity (Wildman–Crippen MR) is 123 cm³/mol. The Balaban J connectivity index is 1.68. The first kappa shape index (κ1) is 22.8. The van der Waals surface area contributed by atoms with Crippen LogP contribution >= 0.6 is 11.8 Å². The number of nitrogens with one attached hydrogen (secondary N) is 1. The maximum Gasteiger partial charge on any atom is 0.287 e. The number of furan rings is 1. The minimum absolute atomic E-state index is 0.0695. The molecule has 0 bridgehead atoms. The lowest BCUT2D eigenvalue weighted by Crippen LogP contribution is -2.22. The molecule has 3 rings (SSSR count). The molecule has 0 saturated carbocycles. The molecule has 0 aliphatic heterocycles. The monoisotopic (exact) mass is 439 g/mol. The average Bonchev–Trinajstić information content (AvgIpc) is 3.21. The highest BCUT2D eigenvalue weighted by atomic mass is 32.2. The number of amides is 1. The van der Waals surface area contributed by atoms with Gasteiger partial charge in [0.15, 0.2) is 10.9 Å². The van der Waals surface area contributed by atoms with Crippen LogP contribution in [0.2, 0.25) is 0 Å². The van der Waals surface area contributed by atoms with Gasteiger partial charge in [-0.15, -0.1) is 0 Å². The number of hydrogen-bond acceptors (Lipinski definition) is 5. The SMILES string of the molecule is COc1cc(CNC(=O)c2ccc(Sc3cc(C(C)(C)C)ccc3C)o2)cc(OC)c1. The van der Waals surface area contributed by atoms with Crippen molar-refractivity contribution in [1.82, 2.24) is 5.32 Å². The lowest BCUT2D eigenvalue weighted by molar-refractivity contribution is 0.0918. The highest BCUT2D eigenvalue weighted by Crippen LogP contribution is 2.35. The fraction of sp³-hybridized carbons (Fsp3) is 0.320. The summed E-state index contributed by atoms with van der Waals surface area (Å²) in [6, 6.07) is 15.5. The molecule has 5 nitrogen and oxygen atoms in total. The van der Waals surface area contributed by atoms with Crippen molar-refractivity contribution in [3.63, 3.8) is 0 Å². The molecule has 2 aromatic carbocycles. The standard InChI is InChI=1S/C25H29NO4S/c1-16-7-8-18(25(2,3)4)13-22(16)31-23-10-9-21(30-23)24(27)26-15-17-11-19(28-5)14-20(12-17)29-6/h7-14H,15H2,1-6H3,(H,26,27). The van der Waals surface area contributed by atoms with E-state index in [9.17, 15) is 4.79 Å². The van der Waals surface area contributed by atoms with Crippen molar-refractivity contribution in [2.24, 2.45) is 0 Å². The first-order valence-electron chi connectivity index (χ1n) is 10.1. The molecule has 164 valence electrons. The van der Waals surface area contributed by atoms with E-state index >= 15 is 0 Å². The fourth-order valence-electron chi connectivity index (χ4n) is 3.02. The molecule has 0 radical (unpaired) electrons. The zero-order valence-electron chi connectivity index (χ0n) is 18.9. The minimum atomic E-state index is -0.270. The van der Waals surface area contributed by atoms with Gasteiger partial charge in [0.1, 0.15) is 11.5 Å². The van der Waals surface area contributed by atoms with Crippen LogP contribution in [-0.2, 0) is 12.0 Å². The Morgan fingerprint density at radius 2 is 1.68 bits per heavy atom. The van der Waals surface area contributed by atoms with Crippen LogP contribution in [0.3, 0.4) is 0 Å². The van der Waals surface area contributed by atoms with E-state index in [0.717, 1.165) is 10.5 Å². The summed E-state index contributed by atoms with van der Waals surface area (Å²) in [7, 11) is 3.19. The average molecular weight is 440 g/mol. The molecule has 1 aromatic heterocycles. The maximum absolute atomic E-state index is 12.6. The van der Waals surface area contributed by atoms with Crippen LogP contribution in [0.25, 0.3) is 0 Å². The van der Waals surface area contributed by atoms with E-state index in [0.29, 0.717) is 23.1 Å². The number of carbonyl (C=O) groups is 1. The molecule has 0 aliphatic carbocycles. The topological polar surface area (TPSA) is 60.7 Å². The fourth-order valence-corrected chi connectivity index (χ4v) is 3.92. The number of rotatable bonds is 7.